The van der Waals surface area contributed by atoms with E-state index >= 15 is 0 Å². The summed E-state index contributed by atoms with van der Waals surface area (Å²) in [5.74, 6) is -0.0398. The minimum atomic E-state index is -0.668. The number of aliphatic hydroxyl groups is 2. The molecule has 380 valence electrons. The third-order valence-corrected chi connectivity index (χ3v) is 13.6. The highest BCUT2D eigenvalue weighted by Crippen LogP contribution is 2.17. The van der Waals surface area contributed by atoms with Gasteiger partial charge >= 0.3 is 5.97 Å². The zero-order valence-corrected chi connectivity index (χ0v) is 43.3. The summed E-state index contributed by atoms with van der Waals surface area (Å²) in [6, 6.07) is -0.545. The third kappa shape index (κ3) is 50.0. The van der Waals surface area contributed by atoms with Gasteiger partial charge in [0.2, 0.25) is 5.91 Å². The Balaban J connectivity index is 3.40. The fourth-order valence-electron chi connectivity index (χ4n) is 9.11. The Morgan fingerprint density at radius 1 is 0.422 bits per heavy atom. The smallest absolute Gasteiger partial charge is 0.305 e. The van der Waals surface area contributed by atoms with E-state index in [9.17, 15) is 19.8 Å². The zero-order chi connectivity index (χ0) is 46.5. The predicted octanol–water partition coefficient (Wildman–Crippen LogP) is 17.7. The Kier molecular flexibility index (Phi) is 53.0. The molecule has 1 amide bonds. The van der Waals surface area contributed by atoms with Gasteiger partial charge in [-0.15, -0.1) is 0 Å². The summed E-state index contributed by atoms with van der Waals surface area (Å²) in [6.07, 6.45) is 63.4. The first-order valence-electron chi connectivity index (χ1n) is 28.9. The van der Waals surface area contributed by atoms with Crippen LogP contribution in [0.2, 0.25) is 0 Å². The van der Waals surface area contributed by atoms with Crippen LogP contribution in [0, 0.1) is 0 Å². The summed E-state index contributed by atoms with van der Waals surface area (Å²) in [7, 11) is 0. The normalized spacial score (nSPS) is 12.6. The van der Waals surface area contributed by atoms with Crippen molar-refractivity contribution in [1.29, 1.82) is 0 Å². The van der Waals surface area contributed by atoms with E-state index in [1.165, 1.54) is 244 Å². The Labute approximate surface area is 399 Å². The third-order valence-electron chi connectivity index (χ3n) is 13.6. The second-order valence-corrected chi connectivity index (χ2v) is 20.0. The van der Waals surface area contributed by atoms with Crippen LogP contribution in [0.1, 0.15) is 322 Å². The number of carbonyl (C=O) groups excluding carboxylic acids is 2. The minimum Gasteiger partial charge on any atom is -0.466 e. The standard InChI is InChI=1S/C58H113NO5/c1-3-5-7-9-11-13-15-17-19-20-24-28-32-36-40-44-48-52-58(63)64-53-49-45-41-37-33-29-25-22-21-23-27-31-35-39-43-47-51-57(62)59-55(54-60)56(61)50-46-42-38-34-30-26-18-16-14-12-10-8-6-4-2/h17,19,55-56,60-61H,3-16,18,20-54H2,1-2H3,(H,59,62)/b19-17-. The van der Waals surface area contributed by atoms with Gasteiger partial charge in [-0.2, -0.15) is 0 Å². The minimum absolute atomic E-state index is 0.000465. The van der Waals surface area contributed by atoms with Crippen molar-refractivity contribution in [2.75, 3.05) is 13.2 Å². The largest absolute Gasteiger partial charge is 0.466 e. The summed E-state index contributed by atoms with van der Waals surface area (Å²) in [5, 5.41) is 23.2. The molecular weight excluding hydrogens is 791 g/mol. The van der Waals surface area contributed by atoms with Crippen molar-refractivity contribution in [1.82, 2.24) is 5.32 Å². The number of ether oxygens (including phenoxy) is 1. The summed E-state index contributed by atoms with van der Waals surface area (Å²) in [6.45, 7) is 4.95. The lowest BCUT2D eigenvalue weighted by molar-refractivity contribution is -0.143. The van der Waals surface area contributed by atoms with Crippen LogP contribution < -0.4 is 5.32 Å². The van der Waals surface area contributed by atoms with Gasteiger partial charge in [-0.3, -0.25) is 9.59 Å². The summed E-state index contributed by atoms with van der Waals surface area (Å²) in [4.78, 5) is 24.5. The summed E-state index contributed by atoms with van der Waals surface area (Å²) in [5.41, 5.74) is 0. The number of amides is 1. The molecule has 0 saturated heterocycles. The second-order valence-electron chi connectivity index (χ2n) is 20.0. The van der Waals surface area contributed by atoms with Gasteiger partial charge < -0.3 is 20.3 Å². The van der Waals surface area contributed by atoms with Crippen LogP contribution in [0.5, 0.6) is 0 Å². The summed E-state index contributed by atoms with van der Waals surface area (Å²) >= 11 is 0. The second kappa shape index (κ2) is 54.2. The molecule has 0 aromatic carbocycles. The van der Waals surface area contributed by atoms with Crippen LogP contribution in [0.3, 0.4) is 0 Å². The monoisotopic (exact) mass is 904 g/mol. The predicted molar refractivity (Wildman–Crippen MR) is 278 cm³/mol. The molecule has 0 fully saturated rings. The highest BCUT2D eigenvalue weighted by molar-refractivity contribution is 5.76. The van der Waals surface area contributed by atoms with Gasteiger partial charge in [0.25, 0.3) is 0 Å². The fraction of sp³-hybridized carbons (Fsp3) is 0.931. The molecule has 0 aliphatic carbocycles. The Bertz CT molecular complexity index is 955. The summed E-state index contributed by atoms with van der Waals surface area (Å²) < 4.78 is 5.48. The molecule has 0 heterocycles. The van der Waals surface area contributed by atoms with Gasteiger partial charge in [-0.05, 0) is 51.4 Å². The number of carbonyl (C=O) groups is 2. The van der Waals surface area contributed by atoms with Gasteiger partial charge in [-0.1, -0.05) is 270 Å². The molecule has 2 atom stereocenters. The van der Waals surface area contributed by atoms with E-state index in [4.69, 9.17) is 4.74 Å². The Morgan fingerprint density at radius 2 is 0.734 bits per heavy atom. The first kappa shape index (κ1) is 62.6. The molecule has 0 rings (SSSR count). The maximum absolute atomic E-state index is 12.5. The molecule has 0 spiro atoms. The lowest BCUT2D eigenvalue weighted by Gasteiger charge is -2.22. The fourth-order valence-corrected chi connectivity index (χ4v) is 9.11. The molecule has 3 N–H and O–H groups in total. The van der Waals surface area contributed by atoms with Crippen LogP contribution in [-0.2, 0) is 14.3 Å². The molecule has 0 aliphatic heterocycles. The topological polar surface area (TPSA) is 95.9 Å². The number of esters is 1. The van der Waals surface area contributed by atoms with Gasteiger partial charge in [-0.25, -0.2) is 0 Å². The molecule has 64 heavy (non-hydrogen) atoms. The van der Waals surface area contributed by atoms with Crippen LogP contribution in [0.15, 0.2) is 12.2 Å². The van der Waals surface area contributed by atoms with E-state index in [-0.39, 0.29) is 18.5 Å². The van der Waals surface area contributed by atoms with E-state index in [0.717, 1.165) is 44.9 Å². The van der Waals surface area contributed by atoms with Gasteiger partial charge in [0, 0.05) is 12.8 Å². The molecule has 2 unspecified atom stereocenters. The van der Waals surface area contributed by atoms with Crippen LogP contribution >= 0.6 is 0 Å². The van der Waals surface area contributed by atoms with Crippen LogP contribution in [0.4, 0.5) is 0 Å². The zero-order valence-electron chi connectivity index (χ0n) is 43.3. The highest BCUT2D eigenvalue weighted by Gasteiger charge is 2.20. The van der Waals surface area contributed by atoms with E-state index < -0.39 is 12.1 Å². The molecule has 6 nitrogen and oxygen atoms in total. The molecule has 0 saturated carbocycles. The molecule has 0 radical (unpaired) electrons. The van der Waals surface area contributed by atoms with Crippen molar-refractivity contribution in [2.24, 2.45) is 0 Å². The lowest BCUT2D eigenvalue weighted by atomic mass is 10.0. The molecule has 0 aromatic rings. The number of allylic oxidation sites excluding steroid dienone is 2. The van der Waals surface area contributed by atoms with E-state index in [0.29, 0.717) is 25.9 Å². The van der Waals surface area contributed by atoms with Gasteiger partial charge in [0.05, 0.1) is 25.4 Å². The number of aliphatic hydroxyl groups excluding tert-OH is 2. The maximum Gasteiger partial charge on any atom is 0.305 e. The first-order chi connectivity index (χ1) is 31.5. The van der Waals surface area contributed by atoms with Crippen LogP contribution in [0.25, 0.3) is 0 Å². The Morgan fingerprint density at radius 3 is 1.11 bits per heavy atom. The molecular formula is C58H113NO5. The molecule has 6 heteroatoms. The van der Waals surface area contributed by atoms with E-state index in [2.05, 4.69) is 31.3 Å². The number of hydrogen-bond donors (Lipinski definition) is 3. The van der Waals surface area contributed by atoms with Crippen molar-refractivity contribution in [2.45, 2.75) is 334 Å². The molecule has 0 aliphatic rings. The highest BCUT2D eigenvalue weighted by atomic mass is 16.5. The van der Waals surface area contributed by atoms with Gasteiger partial charge in [0.15, 0.2) is 0 Å². The average Bonchev–Trinajstić information content (AvgIpc) is 3.29. The SMILES string of the molecule is CCCCCCCC/C=C\CCCCCCCCCC(=O)OCCCCCCCCCCCCCCCCCCC(=O)NC(CO)C(O)CCCCCCCCCCCCCCCC. The number of rotatable bonds is 54. The van der Waals surface area contributed by atoms with E-state index in [1.807, 2.05) is 0 Å². The van der Waals surface area contributed by atoms with E-state index in [1.54, 1.807) is 0 Å². The number of hydrogen-bond acceptors (Lipinski definition) is 5. The Hall–Kier alpha value is -1.40. The lowest BCUT2D eigenvalue weighted by Crippen LogP contribution is -2.45. The van der Waals surface area contributed by atoms with Gasteiger partial charge in [0.1, 0.15) is 0 Å². The average molecular weight is 905 g/mol. The first-order valence-corrected chi connectivity index (χ1v) is 28.9. The van der Waals surface area contributed by atoms with Crippen molar-refractivity contribution in [3.63, 3.8) is 0 Å². The molecule has 0 aromatic heterocycles. The van der Waals surface area contributed by atoms with Crippen molar-refractivity contribution in [3.8, 4) is 0 Å². The molecule has 0 bridgehead atoms. The van der Waals surface area contributed by atoms with Crippen molar-refractivity contribution < 1.29 is 24.5 Å². The van der Waals surface area contributed by atoms with Crippen molar-refractivity contribution in [3.05, 3.63) is 12.2 Å². The maximum atomic E-state index is 12.5. The van der Waals surface area contributed by atoms with Crippen LogP contribution in [-0.4, -0.2) is 47.4 Å². The number of nitrogens with one attached hydrogen (secondary N) is 1. The van der Waals surface area contributed by atoms with Crippen molar-refractivity contribution >= 4 is 11.9 Å². The number of unbranched alkanes of at least 4 members (excludes halogenated alkanes) is 41. The quantitative estimate of drug-likeness (QED) is 0.0321.